The minimum Gasteiger partial charge on any atom is -0.399 e. The Morgan fingerprint density at radius 1 is 1.30 bits per heavy atom. The molecule has 1 aromatic heterocycles. The van der Waals surface area contributed by atoms with Gasteiger partial charge in [-0.3, -0.25) is 0 Å². The average Bonchev–Trinajstić information content (AvgIpc) is 2.25. The molecule has 0 fully saturated rings. The molecular weight excluding hydrogens is 291 g/mol. The standard InChI is InChI=1S/C12H16F3N3OS/c1-7(18-20(19)11(2,3)4)9-5-8(16)6-10(17-9)12(13,14)15/h5-6H,1-4H3,(H2,16,17). The molecule has 0 saturated heterocycles. The van der Waals surface area contributed by atoms with Crippen LogP contribution in [-0.2, 0) is 17.2 Å². The third-order valence-electron chi connectivity index (χ3n) is 2.25. The van der Waals surface area contributed by atoms with E-state index in [1.807, 2.05) is 0 Å². The molecule has 0 radical (unpaired) electrons. The number of rotatable bonds is 2. The van der Waals surface area contributed by atoms with Crippen LogP contribution in [0.4, 0.5) is 18.9 Å². The van der Waals surface area contributed by atoms with E-state index in [9.17, 15) is 17.4 Å². The minimum absolute atomic E-state index is 0.0325. The number of pyridine rings is 1. The van der Waals surface area contributed by atoms with Crippen LogP contribution in [0.15, 0.2) is 16.5 Å². The van der Waals surface area contributed by atoms with E-state index in [1.54, 1.807) is 20.8 Å². The molecule has 0 aliphatic heterocycles. The Morgan fingerprint density at radius 3 is 2.30 bits per heavy atom. The number of nitrogens with two attached hydrogens (primary N) is 1. The fourth-order valence-corrected chi connectivity index (χ4v) is 1.81. The van der Waals surface area contributed by atoms with Crippen LogP contribution in [0.1, 0.15) is 39.1 Å². The Bertz CT molecular complexity index is 562. The Hall–Kier alpha value is -1.44. The van der Waals surface area contributed by atoms with Crippen LogP contribution in [0.2, 0.25) is 0 Å². The maximum absolute atomic E-state index is 12.6. The fourth-order valence-electron chi connectivity index (χ4n) is 1.19. The van der Waals surface area contributed by atoms with Gasteiger partial charge in [0.25, 0.3) is 0 Å². The van der Waals surface area contributed by atoms with E-state index in [-0.39, 0.29) is 17.1 Å². The van der Waals surface area contributed by atoms with Crippen LogP contribution < -0.4 is 5.73 Å². The molecule has 1 unspecified atom stereocenters. The smallest absolute Gasteiger partial charge is 0.399 e. The van der Waals surface area contributed by atoms with E-state index in [2.05, 4.69) is 9.38 Å². The van der Waals surface area contributed by atoms with E-state index in [0.29, 0.717) is 0 Å². The number of hydrogen-bond donors (Lipinski definition) is 1. The Kier molecular flexibility index (Phi) is 4.58. The predicted molar refractivity (Wildman–Crippen MR) is 73.8 cm³/mol. The molecule has 1 rings (SSSR count). The first-order valence-corrected chi connectivity index (χ1v) is 6.84. The van der Waals surface area contributed by atoms with Crippen molar-refractivity contribution in [3.63, 3.8) is 0 Å². The van der Waals surface area contributed by atoms with Gasteiger partial charge < -0.3 is 5.73 Å². The zero-order chi connectivity index (χ0) is 15.7. The number of hydrogen-bond acceptors (Lipinski definition) is 3. The number of anilines is 1. The molecule has 0 aliphatic rings. The van der Waals surface area contributed by atoms with Gasteiger partial charge in [0.1, 0.15) is 16.7 Å². The summed E-state index contributed by atoms with van der Waals surface area (Å²) < 4.78 is 53.1. The van der Waals surface area contributed by atoms with Gasteiger partial charge in [-0.15, -0.1) is 0 Å². The van der Waals surface area contributed by atoms with Gasteiger partial charge in [0.2, 0.25) is 0 Å². The zero-order valence-electron chi connectivity index (χ0n) is 11.6. The molecule has 1 aromatic rings. The largest absolute Gasteiger partial charge is 0.433 e. The summed E-state index contributed by atoms with van der Waals surface area (Å²) in [5, 5.41) is 0. The molecule has 20 heavy (non-hydrogen) atoms. The van der Waals surface area contributed by atoms with Crippen molar-refractivity contribution in [1.29, 1.82) is 0 Å². The lowest BCUT2D eigenvalue weighted by molar-refractivity contribution is -0.141. The molecule has 0 bridgehead atoms. The third-order valence-corrected chi connectivity index (χ3v) is 3.74. The summed E-state index contributed by atoms with van der Waals surface area (Å²) in [6, 6.07) is 2.02. The van der Waals surface area contributed by atoms with Crippen molar-refractivity contribution in [1.82, 2.24) is 4.98 Å². The van der Waals surface area contributed by atoms with Gasteiger partial charge in [0, 0.05) is 5.69 Å². The topological polar surface area (TPSA) is 68.3 Å². The normalized spacial score (nSPS) is 15.2. The first-order valence-electron chi connectivity index (χ1n) is 5.73. The number of nitrogens with zero attached hydrogens (tertiary/aromatic N) is 2. The molecular formula is C12H16F3N3OS. The van der Waals surface area contributed by atoms with Crippen molar-refractivity contribution < 1.29 is 17.4 Å². The number of aromatic nitrogens is 1. The Balaban J connectivity index is 3.24. The fraction of sp³-hybridized carbons (Fsp3) is 0.500. The molecule has 0 saturated carbocycles. The lowest BCUT2D eigenvalue weighted by Gasteiger charge is -2.14. The number of alkyl halides is 3. The molecule has 0 amide bonds. The summed E-state index contributed by atoms with van der Waals surface area (Å²) in [7, 11) is -1.58. The van der Waals surface area contributed by atoms with Crippen LogP contribution in [-0.4, -0.2) is 19.7 Å². The quantitative estimate of drug-likeness (QED) is 0.854. The second-order valence-corrected chi connectivity index (χ2v) is 7.11. The summed E-state index contributed by atoms with van der Waals surface area (Å²) in [6.45, 7) is 6.60. The minimum atomic E-state index is -4.59. The van der Waals surface area contributed by atoms with Gasteiger partial charge in [-0.1, -0.05) is 0 Å². The van der Waals surface area contributed by atoms with Crippen molar-refractivity contribution in [2.24, 2.45) is 4.40 Å². The second kappa shape index (κ2) is 5.51. The monoisotopic (exact) mass is 307 g/mol. The SMILES string of the molecule is CC(=NS(=O)C(C)(C)C)c1cc(N)cc(C(F)(F)F)n1. The third kappa shape index (κ3) is 4.29. The van der Waals surface area contributed by atoms with Crippen LogP contribution in [0.3, 0.4) is 0 Å². The second-order valence-electron chi connectivity index (χ2n) is 5.21. The predicted octanol–water partition coefficient (Wildman–Crippen LogP) is 2.95. The first-order chi connectivity index (χ1) is 8.91. The highest BCUT2D eigenvalue weighted by molar-refractivity contribution is 7.85. The molecule has 1 heterocycles. The van der Waals surface area contributed by atoms with E-state index < -0.39 is 27.6 Å². The lowest BCUT2D eigenvalue weighted by atomic mass is 10.2. The van der Waals surface area contributed by atoms with Crippen molar-refractivity contribution in [2.75, 3.05) is 5.73 Å². The highest BCUT2D eigenvalue weighted by Gasteiger charge is 2.33. The van der Waals surface area contributed by atoms with Gasteiger partial charge in [0.05, 0.1) is 16.2 Å². The molecule has 8 heteroatoms. The Morgan fingerprint density at radius 2 is 1.85 bits per heavy atom. The van der Waals surface area contributed by atoms with Crippen molar-refractivity contribution in [3.05, 3.63) is 23.5 Å². The van der Waals surface area contributed by atoms with E-state index >= 15 is 0 Å². The van der Waals surface area contributed by atoms with Crippen LogP contribution in [0.25, 0.3) is 0 Å². The van der Waals surface area contributed by atoms with Crippen LogP contribution >= 0.6 is 0 Å². The molecule has 0 aromatic carbocycles. The summed E-state index contributed by atoms with van der Waals surface area (Å²) >= 11 is 0. The Labute approximate surface area is 117 Å². The lowest BCUT2D eigenvalue weighted by Crippen LogP contribution is -2.21. The van der Waals surface area contributed by atoms with Crippen LogP contribution in [0.5, 0.6) is 0 Å². The van der Waals surface area contributed by atoms with Crippen molar-refractivity contribution in [2.45, 2.75) is 38.6 Å². The van der Waals surface area contributed by atoms with Gasteiger partial charge >= 0.3 is 6.18 Å². The first kappa shape index (κ1) is 16.6. The summed E-state index contributed by atoms with van der Waals surface area (Å²) in [5.74, 6) is 0. The van der Waals surface area contributed by atoms with Gasteiger partial charge in [0.15, 0.2) is 0 Å². The van der Waals surface area contributed by atoms with Gasteiger partial charge in [-0.05, 0) is 39.8 Å². The van der Waals surface area contributed by atoms with E-state index in [1.165, 1.54) is 13.0 Å². The number of halogens is 3. The summed E-state index contributed by atoms with van der Waals surface area (Å²) in [5.41, 5.74) is 4.39. The summed E-state index contributed by atoms with van der Waals surface area (Å²) in [4.78, 5) is 3.47. The highest BCUT2D eigenvalue weighted by Crippen LogP contribution is 2.29. The maximum Gasteiger partial charge on any atom is 0.433 e. The molecule has 2 N–H and O–H groups in total. The number of nitrogen functional groups attached to an aromatic ring is 1. The van der Waals surface area contributed by atoms with Crippen molar-refractivity contribution in [3.8, 4) is 0 Å². The average molecular weight is 307 g/mol. The molecule has 4 nitrogen and oxygen atoms in total. The van der Waals surface area contributed by atoms with E-state index in [0.717, 1.165) is 6.07 Å². The molecule has 112 valence electrons. The van der Waals surface area contributed by atoms with Crippen molar-refractivity contribution >= 4 is 22.4 Å². The van der Waals surface area contributed by atoms with E-state index in [4.69, 9.17) is 5.73 Å². The maximum atomic E-state index is 12.6. The van der Waals surface area contributed by atoms with Gasteiger partial charge in [-0.2, -0.15) is 17.6 Å². The molecule has 1 atom stereocenters. The van der Waals surface area contributed by atoms with Gasteiger partial charge in [-0.25, -0.2) is 9.19 Å². The highest BCUT2D eigenvalue weighted by atomic mass is 32.2. The zero-order valence-corrected chi connectivity index (χ0v) is 12.4. The molecule has 0 aliphatic carbocycles. The summed E-state index contributed by atoms with van der Waals surface area (Å²) in [6.07, 6.45) is -4.59. The van der Waals surface area contributed by atoms with Crippen LogP contribution in [0, 0.1) is 0 Å². The molecule has 0 spiro atoms.